The number of H-pyrrole nitrogens is 1. The summed E-state index contributed by atoms with van der Waals surface area (Å²) in [5, 5.41) is 5.35. The van der Waals surface area contributed by atoms with E-state index in [0.29, 0.717) is 22.3 Å². The highest BCUT2D eigenvalue weighted by molar-refractivity contribution is 6.30. The molecule has 0 saturated heterocycles. The Kier molecular flexibility index (Phi) is 6.13. The molecule has 0 aliphatic carbocycles. The standard InChI is InChI=1S/C23H20ClN3O4/c1-2-14-4-3-5-17-18(12-25-22(14)17)19(28)13-30-21(29)11-10-20-26-23(27-31-20)15-6-8-16(24)9-7-15/h3-9,12,25H,2,10-11,13H2,1H3. The lowest BCUT2D eigenvalue weighted by Gasteiger charge is -2.03. The third-order valence-electron chi connectivity index (χ3n) is 4.96. The normalized spacial score (nSPS) is 11.0. The van der Waals surface area contributed by atoms with Crippen molar-refractivity contribution in [2.75, 3.05) is 6.61 Å². The summed E-state index contributed by atoms with van der Waals surface area (Å²) in [5.74, 6) is -0.0257. The molecule has 8 heteroatoms. The zero-order chi connectivity index (χ0) is 21.8. The SMILES string of the molecule is CCc1cccc2c(C(=O)COC(=O)CCc3nc(-c4ccc(Cl)cc4)no3)c[nH]c12. The number of nitrogens with one attached hydrogen (secondary N) is 1. The van der Waals surface area contributed by atoms with E-state index in [0.717, 1.165) is 28.5 Å². The molecule has 0 radical (unpaired) electrons. The van der Waals surface area contributed by atoms with Crippen LogP contribution in [0.3, 0.4) is 0 Å². The summed E-state index contributed by atoms with van der Waals surface area (Å²) in [6.45, 7) is 1.74. The first kappa shape index (κ1) is 20.8. The number of esters is 1. The Labute approximate surface area is 183 Å². The average Bonchev–Trinajstić information content (AvgIpc) is 3.43. The Morgan fingerprint density at radius 1 is 1.16 bits per heavy atom. The molecule has 0 saturated carbocycles. The molecule has 0 aliphatic heterocycles. The number of ketones is 1. The van der Waals surface area contributed by atoms with Crippen LogP contribution in [0.4, 0.5) is 0 Å². The van der Waals surface area contributed by atoms with Crippen LogP contribution in [0.1, 0.15) is 35.2 Å². The molecule has 0 bridgehead atoms. The maximum atomic E-state index is 12.5. The molecular weight excluding hydrogens is 418 g/mol. The van der Waals surface area contributed by atoms with Crippen LogP contribution in [0.5, 0.6) is 0 Å². The number of aryl methyl sites for hydroxylation is 2. The minimum atomic E-state index is -0.506. The van der Waals surface area contributed by atoms with Crippen LogP contribution in [0.15, 0.2) is 53.2 Å². The lowest BCUT2D eigenvalue weighted by molar-refractivity contribution is -0.142. The quantitative estimate of drug-likeness (QED) is 0.314. The van der Waals surface area contributed by atoms with Crippen LogP contribution in [-0.2, 0) is 22.4 Å². The first-order valence-electron chi connectivity index (χ1n) is 9.91. The number of carbonyl (C=O) groups excluding carboxylic acids is 2. The number of rotatable bonds is 8. The van der Waals surface area contributed by atoms with Gasteiger partial charge in [0, 0.05) is 39.7 Å². The molecule has 2 aromatic heterocycles. The molecule has 4 aromatic rings. The molecule has 0 unspecified atom stereocenters. The van der Waals surface area contributed by atoms with Gasteiger partial charge in [-0.05, 0) is 36.2 Å². The number of para-hydroxylation sites is 1. The van der Waals surface area contributed by atoms with E-state index >= 15 is 0 Å². The molecule has 2 heterocycles. The summed E-state index contributed by atoms with van der Waals surface area (Å²) >= 11 is 5.87. The lowest BCUT2D eigenvalue weighted by Crippen LogP contribution is -2.14. The molecule has 31 heavy (non-hydrogen) atoms. The third kappa shape index (κ3) is 4.67. The van der Waals surface area contributed by atoms with Crippen LogP contribution in [0, 0.1) is 0 Å². The van der Waals surface area contributed by atoms with Crippen molar-refractivity contribution in [2.24, 2.45) is 0 Å². The van der Waals surface area contributed by atoms with Crippen molar-refractivity contribution in [1.29, 1.82) is 0 Å². The maximum absolute atomic E-state index is 12.5. The number of nitrogens with zero attached hydrogens (tertiary/aromatic N) is 2. The highest BCUT2D eigenvalue weighted by Gasteiger charge is 2.16. The number of Topliss-reactive ketones (excluding diaryl/α,β-unsaturated/α-hetero) is 1. The summed E-state index contributed by atoms with van der Waals surface area (Å²) in [7, 11) is 0. The molecule has 0 amide bonds. The van der Waals surface area contributed by atoms with Crippen molar-refractivity contribution in [3.05, 3.63) is 70.7 Å². The van der Waals surface area contributed by atoms with Gasteiger partial charge in [-0.2, -0.15) is 4.98 Å². The average molecular weight is 438 g/mol. The molecule has 0 spiro atoms. The summed E-state index contributed by atoms with van der Waals surface area (Å²) in [4.78, 5) is 32.0. The zero-order valence-corrected chi connectivity index (χ0v) is 17.6. The van der Waals surface area contributed by atoms with Crippen molar-refractivity contribution in [3.8, 4) is 11.4 Å². The number of carbonyl (C=O) groups is 2. The molecule has 1 N–H and O–H groups in total. The van der Waals surface area contributed by atoms with Crippen molar-refractivity contribution >= 4 is 34.3 Å². The first-order valence-corrected chi connectivity index (χ1v) is 10.3. The van der Waals surface area contributed by atoms with E-state index in [4.69, 9.17) is 20.9 Å². The smallest absolute Gasteiger partial charge is 0.306 e. The van der Waals surface area contributed by atoms with Crippen molar-refractivity contribution < 1.29 is 18.8 Å². The van der Waals surface area contributed by atoms with Crippen LogP contribution in [0.2, 0.25) is 5.02 Å². The summed E-state index contributed by atoms with van der Waals surface area (Å²) < 4.78 is 10.3. The summed E-state index contributed by atoms with van der Waals surface area (Å²) in [6, 6.07) is 12.9. The van der Waals surface area contributed by atoms with E-state index < -0.39 is 5.97 Å². The fraction of sp³-hybridized carbons (Fsp3) is 0.217. The van der Waals surface area contributed by atoms with Gasteiger partial charge in [0.25, 0.3) is 0 Å². The number of fused-ring (bicyclic) bond motifs is 1. The van der Waals surface area contributed by atoms with Crippen molar-refractivity contribution in [1.82, 2.24) is 15.1 Å². The lowest BCUT2D eigenvalue weighted by atomic mass is 10.1. The Morgan fingerprint density at radius 2 is 1.97 bits per heavy atom. The fourth-order valence-corrected chi connectivity index (χ4v) is 3.45. The number of hydrogen-bond acceptors (Lipinski definition) is 6. The van der Waals surface area contributed by atoms with E-state index in [1.807, 2.05) is 18.2 Å². The van der Waals surface area contributed by atoms with Gasteiger partial charge in [-0.3, -0.25) is 9.59 Å². The number of benzene rings is 2. The molecule has 0 fully saturated rings. The second-order valence-electron chi connectivity index (χ2n) is 7.00. The number of ether oxygens (including phenoxy) is 1. The topological polar surface area (TPSA) is 98.1 Å². The van der Waals surface area contributed by atoms with E-state index in [1.54, 1.807) is 30.5 Å². The van der Waals surface area contributed by atoms with Gasteiger partial charge in [0.1, 0.15) is 0 Å². The van der Waals surface area contributed by atoms with Crippen LogP contribution in [-0.4, -0.2) is 33.5 Å². The van der Waals surface area contributed by atoms with Crippen LogP contribution in [0.25, 0.3) is 22.3 Å². The van der Waals surface area contributed by atoms with Gasteiger partial charge in [0.2, 0.25) is 17.5 Å². The number of aromatic amines is 1. The molecule has 158 valence electrons. The second-order valence-corrected chi connectivity index (χ2v) is 7.43. The predicted molar refractivity (Wildman–Crippen MR) is 116 cm³/mol. The Hall–Kier alpha value is -3.45. The Balaban J connectivity index is 1.31. The number of halogens is 1. The van der Waals surface area contributed by atoms with Crippen molar-refractivity contribution in [2.45, 2.75) is 26.2 Å². The minimum Gasteiger partial charge on any atom is -0.457 e. The van der Waals surface area contributed by atoms with Gasteiger partial charge in [-0.15, -0.1) is 0 Å². The monoisotopic (exact) mass is 437 g/mol. The van der Waals surface area contributed by atoms with E-state index in [2.05, 4.69) is 22.0 Å². The Bertz CT molecular complexity index is 1230. The molecular formula is C23H20ClN3O4. The van der Waals surface area contributed by atoms with Gasteiger partial charge >= 0.3 is 5.97 Å². The van der Waals surface area contributed by atoms with Gasteiger partial charge in [0.05, 0.1) is 6.42 Å². The van der Waals surface area contributed by atoms with Gasteiger partial charge < -0.3 is 14.2 Å². The molecule has 4 rings (SSSR count). The van der Waals surface area contributed by atoms with E-state index in [-0.39, 0.29) is 25.2 Å². The molecule has 7 nitrogen and oxygen atoms in total. The van der Waals surface area contributed by atoms with Gasteiger partial charge in [-0.25, -0.2) is 0 Å². The minimum absolute atomic E-state index is 0.0311. The first-order chi connectivity index (χ1) is 15.0. The molecule has 0 aliphatic rings. The fourth-order valence-electron chi connectivity index (χ4n) is 3.32. The van der Waals surface area contributed by atoms with Gasteiger partial charge in [0.15, 0.2) is 6.61 Å². The van der Waals surface area contributed by atoms with E-state index in [1.165, 1.54) is 0 Å². The largest absolute Gasteiger partial charge is 0.457 e. The molecule has 2 aromatic carbocycles. The third-order valence-corrected chi connectivity index (χ3v) is 5.21. The number of aromatic nitrogens is 3. The highest BCUT2D eigenvalue weighted by Crippen LogP contribution is 2.23. The summed E-state index contributed by atoms with van der Waals surface area (Å²) in [6.07, 6.45) is 2.77. The van der Waals surface area contributed by atoms with Gasteiger partial charge in [-0.1, -0.05) is 41.9 Å². The van der Waals surface area contributed by atoms with E-state index in [9.17, 15) is 9.59 Å². The molecule has 0 atom stereocenters. The Morgan fingerprint density at radius 3 is 2.74 bits per heavy atom. The maximum Gasteiger partial charge on any atom is 0.306 e. The van der Waals surface area contributed by atoms with Crippen LogP contribution >= 0.6 is 11.6 Å². The zero-order valence-electron chi connectivity index (χ0n) is 16.9. The predicted octanol–water partition coefficient (Wildman–Crippen LogP) is 4.79. The summed E-state index contributed by atoms with van der Waals surface area (Å²) in [5.41, 5.74) is 3.35. The van der Waals surface area contributed by atoms with Crippen LogP contribution < -0.4 is 0 Å². The number of hydrogen-bond donors (Lipinski definition) is 1. The van der Waals surface area contributed by atoms with Crippen molar-refractivity contribution in [3.63, 3.8) is 0 Å². The highest BCUT2D eigenvalue weighted by atomic mass is 35.5. The second kappa shape index (κ2) is 9.14.